The first-order chi connectivity index (χ1) is 11.0. The summed E-state index contributed by atoms with van der Waals surface area (Å²) >= 11 is 0. The number of para-hydroxylation sites is 1. The molecule has 0 heterocycles. The molecule has 2 aromatic carbocycles. The number of benzene rings is 2. The summed E-state index contributed by atoms with van der Waals surface area (Å²) in [6, 6.07) is 10.4. The van der Waals surface area contributed by atoms with Crippen LogP contribution in [0.5, 0.6) is 5.75 Å². The molecule has 0 unspecified atom stereocenters. The van der Waals surface area contributed by atoms with E-state index in [1.165, 1.54) is 6.07 Å². The van der Waals surface area contributed by atoms with Gasteiger partial charge in [0, 0.05) is 6.54 Å². The standard InChI is InChI=1S/C17H18F2N2O2/c1-11(17(20)22)21-9-12-4-2-5-13(8-12)10-23-16-14(18)6-3-7-15(16)19/h2-8,11,21H,9-10H2,1H3,(H2,20,22)/t11-/m0/s1. The minimum Gasteiger partial charge on any atom is -0.483 e. The van der Waals surface area contributed by atoms with Crippen molar-refractivity contribution in [3.05, 3.63) is 65.2 Å². The third-order valence-electron chi connectivity index (χ3n) is 3.33. The van der Waals surface area contributed by atoms with E-state index in [0.717, 1.165) is 23.3 Å². The van der Waals surface area contributed by atoms with Crippen molar-refractivity contribution in [1.29, 1.82) is 0 Å². The molecule has 0 aromatic heterocycles. The van der Waals surface area contributed by atoms with Gasteiger partial charge in [-0.15, -0.1) is 0 Å². The summed E-state index contributed by atoms with van der Waals surface area (Å²) in [7, 11) is 0. The van der Waals surface area contributed by atoms with Gasteiger partial charge in [-0.3, -0.25) is 4.79 Å². The summed E-state index contributed by atoms with van der Waals surface area (Å²) in [6.07, 6.45) is 0. The lowest BCUT2D eigenvalue weighted by atomic mass is 10.1. The predicted octanol–water partition coefficient (Wildman–Crippen LogP) is 2.51. The number of hydrogen-bond donors (Lipinski definition) is 2. The summed E-state index contributed by atoms with van der Waals surface area (Å²) in [5.41, 5.74) is 6.85. The number of carbonyl (C=O) groups excluding carboxylic acids is 1. The number of hydrogen-bond acceptors (Lipinski definition) is 3. The number of ether oxygens (including phenoxy) is 1. The fourth-order valence-electron chi connectivity index (χ4n) is 1.98. The molecule has 6 heteroatoms. The van der Waals surface area contributed by atoms with Crippen LogP contribution >= 0.6 is 0 Å². The predicted molar refractivity (Wildman–Crippen MR) is 82.6 cm³/mol. The number of primary amides is 1. The van der Waals surface area contributed by atoms with Crippen molar-refractivity contribution in [1.82, 2.24) is 5.32 Å². The second-order valence-corrected chi connectivity index (χ2v) is 5.16. The molecule has 3 N–H and O–H groups in total. The van der Waals surface area contributed by atoms with Crippen LogP contribution in [0.4, 0.5) is 8.78 Å². The highest BCUT2D eigenvalue weighted by Crippen LogP contribution is 2.22. The summed E-state index contributed by atoms with van der Waals surface area (Å²) in [5, 5.41) is 2.98. The van der Waals surface area contributed by atoms with E-state index in [2.05, 4.69) is 5.32 Å². The monoisotopic (exact) mass is 320 g/mol. The maximum atomic E-state index is 13.5. The van der Waals surface area contributed by atoms with E-state index in [-0.39, 0.29) is 6.61 Å². The molecule has 0 bridgehead atoms. The molecule has 0 aliphatic heterocycles. The van der Waals surface area contributed by atoms with Crippen LogP contribution in [0.3, 0.4) is 0 Å². The Hall–Kier alpha value is -2.47. The second kappa shape index (κ2) is 7.69. The zero-order valence-electron chi connectivity index (χ0n) is 12.7. The van der Waals surface area contributed by atoms with Crippen molar-refractivity contribution < 1.29 is 18.3 Å². The van der Waals surface area contributed by atoms with Crippen molar-refractivity contribution in [2.45, 2.75) is 26.1 Å². The molecule has 2 aromatic rings. The molecule has 1 amide bonds. The van der Waals surface area contributed by atoms with E-state index >= 15 is 0 Å². The molecule has 0 spiro atoms. The number of amides is 1. The number of halogens is 2. The fraction of sp³-hybridized carbons (Fsp3) is 0.235. The Morgan fingerprint density at radius 2 is 1.78 bits per heavy atom. The van der Waals surface area contributed by atoms with Crippen molar-refractivity contribution in [2.24, 2.45) is 5.73 Å². The van der Waals surface area contributed by atoms with E-state index in [0.29, 0.717) is 6.54 Å². The molecule has 0 aliphatic carbocycles. The highest BCUT2D eigenvalue weighted by molar-refractivity contribution is 5.79. The van der Waals surface area contributed by atoms with E-state index in [9.17, 15) is 13.6 Å². The van der Waals surface area contributed by atoms with Crippen LogP contribution in [0.1, 0.15) is 18.1 Å². The van der Waals surface area contributed by atoms with Gasteiger partial charge in [-0.1, -0.05) is 30.3 Å². The first-order valence-electron chi connectivity index (χ1n) is 7.14. The van der Waals surface area contributed by atoms with Gasteiger partial charge in [0.05, 0.1) is 6.04 Å². The Bertz CT molecular complexity index is 672. The Morgan fingerprint density at radius 1 is 1.17 bits per heavy atom. The maximum Gasteiger partial charge on any atom is 0.234 e. The minimum atomic E-state index is -0.738. The smallest absolute Gasteiger partial charge is 0.234 e. The van der Waals surface area contributed by atoms with Gasteiger partial charge in [0.25, 0.3) is 0 Å². The van der Waals surface area contributed by atoms with E-state index in [1.54, 1.807) is 13.0 Å². The molecule has 0 aliphatic rings. The molecular weight excluding hydrogens is 302 g/mol. The molecule has 1 atom stereocenters. The Morgan fingerprint density at radius 3 is 2.43 bits per heavy atom. The summed E-state index contributed by atoms with van der Waals surface area (Å²) in [5.74, 6) is -2.30. The lowest BCUT2D eigenvalue weighted by Gasteiger charge is -2.12. The van der Waals surface area contributed by atoms with Crippen molar-refractivity contribution in [3.63, 3.8) is 0 Å². The van der Waals surface area contributed by atoms with Gasteiger partial charge in [0.2, 0.25) is 5.91 Å². The third kappa shape index (κ3) is 4.75. The average Bonchev–Trinajstić information content (AvgIpc) is 2.52. The molecule has 122 valence electrons. The number of nitrogens with two attached hydrogens (primary N) is 1. The van der Waals surface area contributed by atoms with E-state index in [1.807, 2.05) is 18.2 Å². The summed E-state index contributed by atoms with van der Waals surface area (Å²) in [6.45, 7) is 2.17. The topological polar surface area (TPSA) is 64.3 Å². The summed E-state index contributed by atoms with van der Waals surface area (Å²) in [4.78, 5) is 11.0. The first-order valence-corrected chi connectivity index (χ1v) is 7.14. The first kappa shape index (κ1) is 16.9. The Balaban J connectivity index is 1.99. The van der Waals surface area contributed by atoms with Crippen molar-refractivity contribution in [2.75, 3.05) is 0 Å². The number of rotatable bonds is 7. The lowest BCUT2D eigenvalue weighted by molar-refractivity contribution is -0.119. The molecule has 0 fully saturated rings. The van der Waals surface area contributed by atoms with Gasteiger partial charge in [-0.2, -0.15) is 0 Å². The second-order valence-electron chi connectivity index (χ2n) is 5.16. The Kier molecular flexibility index (Phi) is 5.65. The van der Waals surface area contributed by atoms with Gasteiger partial charge < -0.3 is 15.8 Å². The van der Waals surface area contributed by atoms with E-state index in [4.69, 9.17) is 10.5 Å². The fourth-order valence-corrected chi connectivity index (χ4v) is 1.98. The third-order valence-corrected chi connectivity index (χ3v) is 3.33. The minimum absolute atomic E-state index is 0.0388. The molecule has 0 radical (unpaired) electrons. The van der Waals surface area contributed by atoms with Crippen LogP contribution in [0.2, 0.25) is 0 Å². The normalized spacial score (nSPS) is 12.0. The SMILES string of the molecule is C[C@H](NCc1cccc(COc2c(F)cccc2F)c1)C(N)=O. The highest BCUT2D eigenvalue weighted by atomic mass is 19.1. The van der Waals surface area contributed by atoms with Crippen LogP contribution in [0.15, 0.2) is 42.5 Å². The zero-order chi connectivity index (χ0) is 16.8. The van der Waals surface area contributed by atoms with Crippen LogP contribution in [0, 0.1) is 11.6 Å². The van der Waals surface area contributed by atoms with Crippen LogP contribution in [0.25, 0.3) is 0 Å². The maximum absolute atomic E-state index is 13.5. The van der Waals surface area contributed by atoms with Crippen molar-refractivity contribution >= 4 is 5.91 Å². The summed E-state index contributed by atoms with van der Waals surface area (Å²) < 4.78 is 32.2. The lowest BCUT2D eigenvalue weighted by Crippen LogP contribution is -2.38. The zero-order valence-corrected chi connectivity index (χ0v) is 12.7. The number of nitrogens with one attached hydrogen (secondary N) is 1. The molecular formula is C17H18F2N2O2. The molecule has 2 rings (SSSR count). The quantitative estimate of drug-likeness (QED) is 0.824. The van der Waals surface area contributed by atoms with Gasteiger partial charge in [-0.05, 0) is 30.2 Å². The van der Waals surface area contributed by atoms with Crippen molar-refractivity contribution in [3.8, 4) is 5.75 Å². The average molecular weight is 320 g/mol. The van der Waals surface area contributed by atoms with Gasteiger partial charge in [0.15, 0.2) is 17.4 Å². The number of carbonyl (C=O) groups is 1. The molecule has 0 saturated carbocycles. The molecule has 4 nitrogen and oxygen atoms in total. The van der Waals surface area contributed by atoms with Gasteiger partial charge in [-0.25, -0.2) is 8.78 Å². The largest absolute Gasteiger partial charge is 0.483 e. The van der Waals surface area contributed by atoms with E-state index < -0.39 is 29.3 Å². The van der Waals surface area contributed by atoms with Gasteiger partial charge >= 0.3 is 0 Å². The van der Waals surface area contributed by atoms with Crippen LogP contribution in [-0.4, -0.2) is 11.9 Å². The van der Waals surface area contributed by atoms with Crippen LogP contribution in [-0.2, 0) is 17.9 Å². The van der Waals surface area contributed by atoms with Gasteiger partial charge in [0.1, 0.15) is 6.61 Å². The highest BCUT2D eigenvalue weighted by Gasteiger charge is 2.10. The van der Waals surface area contributed by atoms with Crippen LogP contribution < -0.4 is 15.8 Å². The molecule has 0 saturated heterocycles. The Labute approximate surface area is 133 Å². The molecule has 23 heavy (non-hydrogen) atoms.